The van der Waals surface area contributed by atoms with Crippen molar-refractivity contribution in [1.82, 2.24) is 10.3 Å². The molecule has 8 nitrogen and oxygen atoms in total. The van der Waals surface area contributed by atoms with Crippen LogP contribution >= 0.6 is 0 Å². The summed E-state index contributed by atoms with van der Waals surface area (Å²) in [5, 5.41) is 20.1. The number of anilines is 2. The summed E-state index contributed by atoms with van der Waals surface area (Å²) in [5.74, 6) is -0.366. The van der Waals surface area contributed by atoms with Crippen molar-refractivity contribution >= 4 is 34.3 Å². The van der Waals surface area contributed by atoms with Gasteiger partial charge in [-0.1, -0.05) is 39.8 Å². The highest BCUT2D eigenvalue weighted by Gasteiger charge is 2.44. The van der Waals surface area contributed by atoms with Crippen LogP contribution in [0.2, 0.25) is 0 Å². The molecule has 0 radical (unpaired) electrons. The van der Waals surface area contributed by atoms with Crippen molar-refractivity contribution in [2.24, 2.45) is 17.8 Å². The van der Waals surface area contributed by atoms with Gasteiger partial charge in [-0.3, -0.25) is 9.59 Å². The number of hydrogen-bond acceptors (Lipinski definition) is 6. The number of fused-ring (bicyclic) bond motifs is 1. The van der Waals surface area contributed by atoms with Crippen LogP contribution in [0.5, 0.6) is 0 Å². The lowest BCUT2D eigenvalue weighted by atomic mass is 10.0. The number of carboxylic acids is 1. The van der Waals surface area contributed by atoms with Crippen molar-refractivity contribution in [3.8, 4) is 0 Å². The zero-order valence-electron chi connectivity index (χ0n) is 20.1. The standard InChI is InChI=1S/C26H32N4O4/c1-15(2)13-30(14-16(3)4)24-8-6-18(19-12-20(19)26(32)33)11-23(24)27-25(31)10-17-5-7-21-22(9-17)29-34-28-21/h5-9,11,15-16,19-20H,10,12-14H2,1-4H3,(H,27,31)(H,32,33)/t19-,20-/m0/s1. The minimum Gasteiger partial charge on any atom is -0.481 e. The summed E-state index contributed by atoms with van der Waals surface area (Å²) in [6.45, 7) is 10.4. The summed E-state index contributed by atoms with van der Waals surface area (Å²) >= 11 is 0. The molecule has 0 unspecified atom stereocenters. The number of nitrogens with zero attached hydrogens (tertiary/aromatic N) is 3. The Labute approximate surface area is 199 Å². The lowest BCUT2D eigenvalue weighted by Gasteiger charge is -2.31. The second-order valence-electron chi connectivity index (χ2n) is 10.1. The van der Waals surface area contributed by atoms with E-state index in [2.05, 4.69) is 48.2 Å². The molecule has 2 aromatic carbocycles. The highest BCUT2D eigenvalue weighted by Crippen LogP contribution is 2.49. The normalized spacial score (nSPS) is 17.4. The second kappa shape index (κ2) is 9.83. The Morgan fingerprint density at radius 3 is 2.41 bits per heavy atom. The van der Waals surface area contributed by atoms with Crippen molar-refractivity contribution < 1.29 is 19.3 Å². The van der Waals surface area contributed by atoms with E-state index in [-0.39, 0.29) is 24.2 Å². The van der Waals surface area contributed by atoms with E-state index in [4.69, 9.17) is 4.63 Å². The first-order chi connectivity index (χ1) is 16.2. The molecule has 34 heavy (non-hydrogen) atoms. The summed E-state index contributed by atoms with van der Waals surface area (Å²) < 4.78 is 4.74. The van der Waals surface area contributed by atoms with E-state index in [0.29, 0.717) is 29.3 Å². The van der Waals surface area contributed by atoms with Gasteiger partial charge in [0.25, 0.3) is 0 Å². The van der Waals surface area contributed by atoms with E-state index in [1.54, 1.807) is 12.1 Å². The van der Waals surface area contributed by atoms with Crippen LogP contribution in [-0.4, -0.2) is 40.4 Å². The van der Waals surface area contributed by atoms with Crippen LogP contribution in [0, 0.1) is 17.8 Å². The van der Waals surface area contributed by atoms with E-state index in [9.17, 15) is 14.7 Å². The zero-order valence-corrected chi connectivity index (χ0v) is 20.1. The maximum atomic E-state index is 13.1. The van der Waals surface area contributed by atoms with Crippen LogP contribution < -0.4 is 10.2 Å². The van der Waals surface area contributed by atoms with Gasteiger partial charge < -0.3 is 15.3 Å². The molecule has 4 rings (SSSR count). The molecule has 1 heterocycles. The van der Waals surface area contributed by atoms with Gasteiger partial charge in [-0.2, -0.15) is 0 Å². The van der Waals surface area contributed by atoms with Gasteiger partial charge >= 0.3 is 5.97 Å². The molecular weight excluding hydrogens is 432 g/mol. The first-order valence-electron chi connectivity index (χ1n) is 11.8. The minimum atomic E-state index is -0.765. The van der Waals surface area contributed by atoms with Crippen LogP contribution in [0.4, 0.5) is 11.4 Å². The predicted molar refractivity (Wildman–Crippen MR) is 131 cm³/mol. The Morgan fingerprint density at radius 1 is 1.06 bits per heavy atom. The van der Waals surface area contributed by atoms with E-state index in [1.165, 1.54) is 0 Å². The van der Waals surface area contributed by atoms with Crippen LogP contribution in [0.1, 0.15) is 51.2 Å². The number of rotatable bonds is 10. The SMILES string of the molecule is CC(C)CN(CC(C)C)c1ccc([C@@H]2C[C@@H]2C(=O)O)cc1NC(=O)Cc1ccc2nonc2c1. The highest BCUT2D eigenvalue weighted by molar-refractivity contribution is 5.96. The summed E-state index contributed by atoms with van der Waals surface area (Å²) in [5.41, 5.74) is 4.71. The third-order valence-corrected chi connectivity index (χ3v) is 6.03. The first-order valence-corrected chi connectivity index (χ1v) is 11.8. The quantitative estimate of drug-likeness (QED) is 0.447. The molecule has 3 aromatic rings. The Morgan fingerprint density at radius 2 is 1.76 bits per heavy atom. The molecule has 1 aliphatic rings. The van der Waals surface area contributed by atoms with E-state index < -0.39 is 5.97 Å². The number of amides is 1. The van der Waals surface area contributed by atoms with Gasteiger partial charge in [0.2, 0.25) is 5.91 Å². The minimum absolute atomic E-state index is 0.00655. The maximum absolute atomic E-state index is 13.1. The molecule has 1 saturated carbocycles. The van der Waals surface area contributed by atoms with Gasteiger partial charge in [0.1, 0.15) is 11.0 Å². The van der Waals surface area contributed by atoms with Gasteiger partial charge in [-0.15, -0.1) is 0 Å². The Balaban J connectivity index is 1.60. The lowest BCUT2D eigenvalue weighted by Crippen LogP contribution is -2.32. The average Bonchev–Trinajstić information content (AvgIpc) is 3.43. The number of nitrogens with one attached hydrogen (secondary N) is 1. The summed E-state index contributed by atoms with van der Waals surface area (Å²) in [6, 6.07) is 11.4. The van der Waals surface area contributed by atoms with Crippen molar-refractivity contribution in [2.45, 2.75) is 46.5 Å². The number of carbonyl (C=O) groups is 2. The number of aliphatic carboxylic acids is 1. The number of carboxylic acid groups (broad SMARTS) is 1. The molecule has 1 aliphatic carbocycles. The molecule has 0 bridgehead atoms. The fourth-order valence-electron chi connectivity index (χ4n) is 4.47. The number of aromatic nitrogens is 2. The number of benzene rings is 2. The van der Waals surface area contributed by atoms with Crippen molar-refractivity contribution in [3.63, 3.8) is 0 Å². The lowest BCUT2D eigenvalue weighted by molar-refractivity contribution is -0.138. The van der Waals surface area contributed by atoms with Crippen molar-refractivity contribution in [1.29, 1.82) is 0 Å². The smallest absolute Gasteiger partial charge is 0.307 e. The van der Waals surface area contributed by atoms with Crippen LogP contribution in [-0.2, 0) is 16.0 Å². The monoisotopic (exact) mass is 464 g/mol. The topological polar surface area (TPSA) is 109 Å². The van der Waals surface area contributed by atoms with Crippen LogP contribution in [0.15, 0.2) is 41.0 Å². The number of carbonyl (C=O) groups excluding carboxylic acids is 1. The van der Waals surface area contributed by atoms with Gasteiger partial charge in [0.15, 0.2) is 0 Å². The van der Waals surface area contributed by atoms with Crippen molar-refractivity contribution in [3.05, 3.63) is 47.5 Å². The number of hydrogen-bond donors (Lipinski definition) is 2. The molecule has 0 spiro atoms. The molecule has 2 N–H and O–H groups in total. The predicted octanol–water partition coefficient (Wildman–Crippen LogP) is 4.71. The summed E-state index contributed by atoms with van der Waals surface area (Å²) in [6.07, 6.45) is 0.817. The fraction of sp³-hybridized carbons (Fsp3) is 0.462. The molecule has 2 atom stereocenters. The molecular formula is C26H32N4O4. The fourth-order valence-corrected chi connectivity index (χ4v) is 4.47. The molecule has 1 amide bonds. The molecule has 1 fully saturated rings. The van der Waals surface area contributed by atoms with Gasteiger partial charge in [-0.25, -0.2) is 4.63 Å². The highest BCUT2D eigenvalue weighted by atomic mass is 16.6. The van der Waals surface area contributed by atoms with E-state index in [1.807, 2.05) is 24.3 Å². The van der Waals surface area contributed by atoms with Crippen LogP contribution in [0.3, 0.4) is 0 Å². The first kappa shape index (κ1) is 23.7. The third-order valence-electron chi connectivity index (χ3n) is 6.03. The van der Waals surface area contributed by atoms with E-state index in [0.717, 1.165) is 35.6 Å². The third kappa shape index (κ3) is 5.55. The maximum Gasteiger partial charge on any atom is 0.307 e. The molecule has 0 saturated heterocycles. The second-order valence-corrected chi connectivity index (χ2v) is 10.1. The molecule has 180 valence electrons. The molecule has 8 heteroatoms. The molecule has 1 aromatic heterocycles. The van der Waals surface area contributed by atoms with Gasteiger partial charge in [0, 0.05) is 13.1 Å². The Kier molecular flexibility index (Phi) is 6.86. The Bertz CT molecular complexity index is 1180. The summed E-state index contributed by atoms with van der Waals surface area (Å²) in [4.78, 5) is 26.8. The average molecular weight is 465 g/mol. The van der Waals surface area contributed by atoms with E-state index >= 15 is 0 Å². The molecule has 0 aliphatic heterocycles. The van der Waals surface area contributed by atoms with Crippen LogP contribution in [0.25, 0.3) is 11.0 Å². The van der Waals surface area contributed by atoms with Crippen molar-refractivity contribution in [2.75, 3.05) is 23.3 Å². The Hall–Kier alpha value is -3.42. The van der Waals surface area contributed by atoms with Gasteiger partial charge in [0.05, 0.1) is 23.7 Å². The largest absolute Gasteiger partial charge is 0.481 e. The summed E-state index contributed by atoms with van der Waals surface area (Å²) in [7, 11) is 0. The van der Waals surface area contributed by atoms with Gasteiger partial charge in [-0.05, 0) is 69.9 Å². The zero-order chi connectivity index (χ0) is 24.4.